The van der Waals surface area contributed by atoms with Gasteiger partial charge in [0.15, 0.2) is 0 Å². The van der Waals surface area contributed by atoms with Gasteiger partial charge in [-0.1, -0.05) is 25.7 Å². The van der Waals surface area contributed by atoms with Crippen LogP contribution in [0.15, 0.2) is 0 Å². The summed E-state index contributed by atoms with van der Waals surface area (Å²) < 4.78 is 38.6. The van der Waals surface area contributed by atoms with E-state index in [4.69, 9.17) is 0 Å². The van der Waals surface area contributed by atoms with Crippen LogP contribution in [0.5, 0.6) is 0 Å². The molecule has 0 unspecified atom stereocenters. The summed E-state index contributed by atoms with van der Waals surface area (Å²) in [7, 11) is 0. The molecule has 5 nitrogen and oxygen atoms in total. The Morgan fingerprint density at radius 2 is 1.81 bits per heavy atom. The maximum absolute atomic E-state index is 12.9. The van der Waals surface area contributed by atoms with Crippen LogP contribution >= 0.6 is 0 Å². The quantitative estimate of drug-likeness (QED) is 0.773. The third-order valence-corrected chi connectivity index (χ3v) is 6.10. The Morgan fingerprint density at radius 1 is 1.12 bits per heavy atom. The fourth-order valence-corrected chi connectivity index (χ4v) is 4.67. The van der Waals surface area contributed by atoms with Crippen molar-refractivity contribution in [1.29, 1.82) is 0 Å². The lowest BCUT2D eigenvalue weighted by Gasteiger charge is -2.32. The van der Waals surface area contributed by atoms with Gasteiger partial charge in [0.05, 0.1) is 11.3 Å². The van der Waals surface area contributed by atoms with Gasteiger partial charge in [-0.3, -0.25) is 19.3 Å². The van der Waals surface area contributed by atoms with Gasteiger partial charge in [-0.2, -0.15) is 13.2 Å². The molecule has 1 spiro atoms. The molecule has 1 heterocycles. The van der Waals surface area contributed by atoms with Crippen LogP contribution in [0.25, 0.3) is 0 Å². The lowest BCUT2D eigenvalue weighted by Crippen LogP contribution is -2.47. The molecule has 0 radical (unpaired) electrons. The van der Waals surface area contributed by atoms with Gasteiger partial charge in [0.2, 0.25) is 17.7 Å². The molecule has 3 amide bonds. The average molecular weight is 374 g/mol. The molecule has 3 rings (SSSR count). The van der Waals surface area contributed by atoms with Crippen molar-refractivity contribution in [2.45, 2.75) is 76.4 Å². The third kappa shape index (κ3) is 3.88. The van der Waals surface area contributed by atoms with Crippen molar-refractivity contribution in [2.24, 2.45) is 11.3 Å². The highest BCUT2D eigenvalue weighted by molar-refractivity contribution is 6.08. The summed E-state index contributed by atoms with van der Waals surface area (Å²) in [6.45, 7) is -0.382. The van der Waals surface area contributed by atoms with E-state index in [0.29, 0.717) is 25.7 Å². The molecule has 0 bridgehead atoms. The lowest BCUT2D eigenvalue weighted by molar-refractivity contribution is -0.184. The summed E-state index contributed by atoms with van der Waals surface area (Å²) >= 11 is 0. The summed E-state index contributed by atoms with van der Waals surface area (Å²) in [5.74, 6) is -2.58. The molecular weight excluding hydrogens is 349 g/mol. The third-order valence-electron chi connectivity index (χ3n) is 6.10. The van der Waals surface area contributed by atoms with Crippen LogP contribution in [0, 0.1) is 11.3 Å². The van der Waals surface area contributed by atoms with Gasteiger partial charge in [0, 0.05) is 12.5 Å². The van der Waals surface area contributed by atoms with Gasteiger partial charge >= 0.3 is 6.18 Å². The van der Waals surface area contributed by atoms with Crippen molar-refractivity contribution in [1.82, 2.24) is 10.2 Å². The van der Waals surface area contributed by atoms with Gasteiger partial charge in [-0.15, -0.1) is 0 Å². The van der Waals surface area contributed by atoms with Gasteiger partial charge in [0.25, 0.3) is 0 Å². The van der Waals surface area contributed by atoms with E-state index >= 15 is 0 Å². The van der Waals surface area contributed by atoms with E-state index in [1.807, 2.05) is 0 Å². The average Bonchev–Trinajstić information content (AvgIpc) is 2.79. The van der Waals surface area contributed by atoms with Gasteiger partial charge in [-0.25, -0.2) is 0 Å². The summed E-state index contributed by atoms with van der Waals surface area (Å²) in [5, 5.41) is 2.60. The second-order valence-electron chi connectivity index (χ2n) is 7.97. The zero-order chi connectivity index (χ0) is 18.9. The van der Waals surface area contributed by atoms with Crippen LogP contribution in [-0.2, 0) is 14.4 Å². The van der Waals surface area contributed by atoms with Gasteiger partial charge in [0.1, 0.15) is 6.54 Å². The number of amides is 3. The summed E-state index contributed by atoms with van der Waals surface area (Å²) in [4.78, 5) is 38.2. The highest BCUT2D eigenvalue weighted by Gasteiger charge is 2.52. The van der Waals surface area contributed by atoms with Gasteiger partial charge < -0.3 is 5.32 Å². The Balaban J connectivity index is 1.56. The van der Waals surface area contributed by atoms with E-state index in [1.54, 1.807) is 0 Å². The molecule has 0 aromatic carbocycles. The fraction of sp³-hybridized carbons (Fsp3) is 0.833. The van der Waals surface area contributed by atoms with Crippen molar-refractivity contribution >= 4 is 17.7 Å². The maximum atomic E-state index is 12.9. The first-order valence-corrected chi connectivity index (χ1v) is 9.42. The molecule has 1 saturated heterocycles. The van der Waals surface area contributed by atoms with E-state index < -0.39 is 29.5 Å². The van der Waals surface area contributed by atoms with Gasteiger partial charge in [-0.05, 0) is 32.1 Å². The second kappa shape index (κ2) is 7.19. The minimum atomic E-state index is -4.25. The molecule has 26 heavy (non-hydrogen) atoms. The Kier molecular flexibility index (Phi) is 5.30. The number of halogens is 3. The summed E-state index contributed by atoms with van der Waals surface area (Å²) in [5.41, 5.74) is -0.651. The zero-order valence-corrected chi connectivity index (χ0v) is 14.7. The molecule has 3 aliphatic rings. The SMILES string of the molecule is O=C(CN1C(=O)CC2(CCCCC2)C1=O)N[C@@H]1CCC[C@H](C(F)(F)F)C1. The molecule has 8 heteroatoms. The lowest BCUT2D eigenvalue weighted by atomic mass is 9.73. The van der Waals surface area contributed by atoms with E-state index in [9.17, 15) is 27.6 Å². The Hall–Kier alpha value is -1.60. The number of imide groups is 1. The number of carbonyl (C=O) groups excluding carboxylic acids is 3. The number of alkyl halides is 3. The zero-order valence-electron chi connectivity index (χ0n) is 14.7. The first-order valence-electron chi connectivity index (χ1n) is 9.42. The van der Waals surface area contributed by atoms with Crippen LogP contribution < -0.4 is 5.32 Å². The number of likely N-dealkylation sites (tertiary alicyclic amines) is 1. The van der Waals surface area contributed by atoms with E-state index in [-0.39, 0.29) is 37.6 Å². The highest BCUT2D eigenvalue weighted by atomic mass is 19.4. The van der Waals surface area contributed by atoms with Crippen LogP contribution in [0.1, 0.15) is 64.2 Å². The number of nitrogens with zero attached hydrogens (tertiary/aromatic N) is 1. The molecule has 1 N–H and O–H groups in total. The number of carbonyl (C=O) groups is 3. The second-order valence-corrected chi connectivity index (χ2v) is 7.97. The van der Waals surface area contributed by atoms with Crippen LogP contribution in [0.3, 0.4) is 0 Å². The van der Waals surface area contributed by atoms with Crippen molar-refractivity contribution in [3.8, 4) is 0 Å². The highest BCUT2D eigenvalue weighted by Crippen LogP contribution is 2.45. The number of rotatable bonds is 3. The molecular formula is C18H25F3N2O3. The number of hydrogen-bond acceptors (Lipinski definition) is 3. The van der Waals surface area contributed by atoms with Crippen LogP contribution in [-0.4, -0.2) is 41.4 Å². The standard InChI is InChI=1S/C18H25F3N2O3/c19-18(20,21)12-5-4-6-13(9-12)22-14(24)11-23-15(25)10-17(16(23)26)7-2-1-3-8-17/h12-13H,1-11H2,(H,22,24)/t12-,13+/m0/s1. The largest absolute Gasteiger partial charge is 0.391 e. The minimum absolute atomic E-state index is 0.0848. The molecule has 2 atom stereocenters. The van der Waals surface area contributed by atoms with E-state index in [1.165, 1.54) is 0 Å². The molecule has 1 aliphatic heterocycles. The van der Waals surface area contributed by atoms with Crippen molar-refractivity contribution in [2.75, 3.05) is 6.54 Å². The first-order chi connectivity index (χ1) is 12.2. The van der Waals surface area contributed by atoms with Crippen LogP contribution in [0.2, 0.25) is 0 Å². The fourth-order valence-electron chi connectivity index (χ4n) is 4.67. The summed E-state index contributed by atoms with van der Waals surface area (Å²) in [6, 6.07) is -0.556. The van der Waals surface area contributed by atoms with Crippen molar-refractivity contribution < 1.29 is 27.6 Å². The van der Waals surface area contributed by atoms with Crippen molar-refractivity contribution in [3.63, 3.8) is 0 Å². The minimum Gasteiger partial charge on any atom is -0.352 e. The Morgan fingerprint density at radius 3 is 2.46 bits per heavy atom. The number of nitrogens with one attached hydrogen (secondary N) is 1. The maximum Gasteiger partial charge on any atom is 0.391 e. The monoisotopic (exact) mass is 374 g/mol. The van der Waals surface area contributed by atoms with Crippen molar-refractivity contribution in [3.05, 3.63) is 0 Å². The first kappa shape index (κ1) is 19.2. The predicted octanol–water partition coefficient (Wildman–Crippen LogP) is 2.93. The molecule has 0 aromatic rings. The topological polar surface area (TPSA) is 66.5 Å². The predicted molar refractivity (Wildman–Crippen MR) is 86.8 cm³/mol. The molecule has 2 aliphatic carbocycles. The molecule has 3 fully saturated rings. The molecule has 146 valence electrons. The molecule has 2 saturated carbocycles. The van der Waals surface area contributed by atoms with E-state index in [0.717, 1.165) is 24.2 Å². The summed E-state index contributed by atoms with van der Waals surface area (Å²) in [6.07, 6.45) is 0.936. The Labute approximate surface area is 150 Å². The van der Waals surface area contributed by atoms with Crippen LogP contribution in [0.4, 0.5) is 13.2 Å². The van der Waals surface area contributed by atoms with E-state index in [2.05, 4.69) is 5.32 Å². The Bertz CT molecular complexity index is 585. The smallest absolute Gasteiger partial charge is 0.352 e. The number of hydrogen-bond donors (Lipinski definition) is 1. The normalized spacial score (nSPS) is 29.3. The molecule has 0 aromatic heterocycles.